The molecule has 1 aliphatic heterocycles. The van der Waals surface area contributed by atoms with Crippen LogP contribution in [0.3, 0.4) is 0 Å². The summed E-state index contributed by atoms with van der Waals surface area (Å²) in [5.74, 6) is -0.171. The molecule has 156 valence electrons. The number of halogens is 2. The lowest BCUT2D eigenvalue weighted by Gasteiger charge is -2.31. The summed E-state index contributed by atoms with van der Waals surface area (Å²) in [6, 6.07) is 9.83. The normalized spacial score (nSPS) is 15.9. The van der Waals surface area contributed by atoms with Crippen LogP contribution in [-0.4, -0.2) is 38.8 Å². The molecule has 1 heterocycles. The number of methoxy groups -OCH3 is 1. The maximum Gasteiger partial charge on any atom is 0.246 e. The second kappa shape index (κ2) is 8.92. The lowest BCUT2D eigenvalue weighted by molar-refractivity contribution is -0.120. The van der Waals surface area contributed by atoms with Crippen LogP contribution >= 0.6 is 23.2 Å². The van der Waals surface area contributed by atoms with E-state index in [-0.39, 0.29) is 35.6 Å². The van der Waals surface area contributed by atoms with Gasteiger partial charge < -0.3 is 10.1 Å². The molecule has 0 radical (unpaired) electrons. The molecule has 6 nitrogen and oxygen atoms in total. The average Bonchev–Trinajstić information content (AvgIpc) is 2.70. The Kier molecular flexibility index (Phi) is 6.73. The van der Waals surface area contributed by atoms with Crippen LogP contribution in [0.4, 0.5) is 5.69 Å². The van der Waals surface area contributed by atoms with Gasteiger partial charge in [-0.3, -0.25) is 4.79 Å². The summed E-state index contributed by atoms with van der Waals surface area (Å²) in [7, 11) is -2.36. The largest absolute Gasteiger partial charge is 0.495 e. The molecule has 2 aromatic rings. The van der Waals surface area contributed by atoms with Gasteiger partial charge in [-0.15, -0.1) is 0 Å². The third-order valence-corrected chi connectivity index (χ3v) is 7.57. The third-order valence-electron chi connectivity index (χ3n) is 5.01. The van der Waals surface area contributed by atoms with Crippen molar-refractivity contribution in [3.63, 3.8) is 0 Å². The molecule has 9 heteroatoms. The van der Waals surface area contributed by atoms with Crippen molar-refractivity contribution in [2.45, 2.75) is 24.7 Å². The van der Waals surface area contributed by atoms with Crippen molar-refractivity contribution in [2.24, 2.45) is 5.92 Å². The summed E-state index contributed by atoms with van der Waals surface area (Å²) in [6.45, 7) is 2.37. The SMILES string of the molecule is COc1ccc(Cl)cc1S(=O)(=O)N1CCC(C(=O)Nc2ccc(C)c(Cl)c2)CC1. The number of carbonyl (C=O) groups excluding carboxylic acids is 1. The van der Waals surface area contributed by atoms with Gasteiger partial charge in [-0.1, -0.05) is 29.3 Å². The van der Waals surface area contributed by atoms with Crippen molar-refractivity contribution in [3.8, 4) is 5.75 Å². The van der Waals surface area contributed by atoms with Crippen LogP contribution < -0.4 is 10.1 Å². The summed E-state index contributed by atoms with van der Waals surface area (Å²) in [4.78, 5) is 12.6. The van der Waals surface area contributed by atoms with Crippen molar-refractivity contribution in [1.29, 1.82) is 0 Å². The smallest absolute Gasteiger partial charge is 0.246 e. The molecule has 1 saturated heterocycles. The van der Waals surface area contributed by atoms with E-state index in [1.165, 1.54) is 23.5 Å². The van der Waals surface area contributed by atoms with Gasteiger partial charge in [-0.2, -0.15) is 4.31 Å². The zero-order valence-corrected chi connectivity index (χ0v) is 18.4. The molecule has 0 saturated carbocycles. The van der Waals surface area contributed by atoms with E-state index in [9.17, 15) is 13.2 Å². The molecule has 0 spiro atoms. The van der Waals surface area contributed by atoms with Crippen molar-refractivity contribution >= 4 is 44.8 Å². The van der Waals surface area contributed by atoms with Gasteiger partial charge in [0.1, 0.15) is 10.6 Å². The predicted molar refractivity (Wildman–Crippen MR) is 114 cm³/mol. The molecule has 0 aromatic heterocycles. The molecule has 2 aromatic carbocycles. The Morgan fingerprint density at radius 1 is 1.14 bits per heavy atom. The van der Waals surface area contributed by atoms with E-state index in [4.69, 9.17) is 27.9 Å². The fraction of sp³-hybridized carbons (Fsp3) is 0.350. The number of nitrogens with one attached hydrogen (secondary N) is 1. The highest BCUT2D eigenvalue weighted by Crippen LogP contribution is 2.32. The van der Waals surface area contributed by atoms with Crippen LogP contribution in [0.1, 0.15) is 18.4 Å². The van der Waals surface area contributed by atoms with Gasteiger partial charge in [0.25, 0.3) is 0 Å². The first kappa shape index (κ1) is 21.9. The first-order valence-electron chi connectivity index (χ1n) is 9.13. The molecule has 29 heavy (non-hydrogen) atoms. The Hall–Kier alpha value is -1.80. The number of piperidine rings is 1. The highest BCUT2D eigenvalue weighted by Gasteiger charge is 2.33. The minimum Gasteiger partial charge on any atom is -0.495 e. The Morgan fingerprint density at radius 3 is 2.45 bits per heavy atom. The average molecular weight is 457 g/mol. The molecule has 0 unspecified atom stereocenters. The number of rotatable bonds is 5. The van der Waals surface area contributed by atoms with E-state index in [1.807, 2.05) is 13.0 Å². The maximum absolute atomic E-state index is 13.0. The summed E-state index contributed by atoms with van der Waals surface area (Å²) in [5, 5.41) is 3.76. The molecule has 1 aliphatic rings. The number of carbonyl (C=O) groups is 1. The minimum absolute atomic E-state index is 0.0321. The molecule has 0 aliphatic carbocycles. The predicted octanol–water partition coefficient (Wildman–Crippen LogP) is 4.35. The number of aryl methyl sites for hydroxylation is 1. The van der Waals surface area contributed by atoms with Crippen LogP contribution in [0.25, 0.3) is 0 Å². The van der Waals surface area contributed by atoms with Crippen LogP contribution in [-0.2, 0) is 14.8 Å². The van der Waals surface area contributed by atoms with E-state index >= 15 is 0 Å². The number of ether oxygens (including phenoxy) is 1. The fourth-order valence-corrected chi connectivity index (χ4v) is 5.33. The number of amides is 1. The maximum atomic E-state index is 13.0. The molecular formula is C20H22Cl2N2O4S. The highest BCUT2D eigenvalue weighted by atomic mass is 35.5. The number of anilines is 1. The topological polar surface area (TPSA) is 75.7 Å². The van der Waals surface area contributed by atoms with Crippen LogP contribution in [0.5, 0.6) is 5.75 Å². The highest BCUT2D eigenvalue weighted by molar-refractivity contribution is 7.89. The van der Waals surface area contributed by atoms with Crippen molar-refractivity contribution in [1.82, 2.24) is 4.31 Å². The first-order valence-corrected chi connectivity index (χ1v) is 11.3. The first-order chi connectivity index (χ1) is 13.7. The summed E-state index contributed by atoms with van der Waals surface area (Å²) >= 11 is 12.1. The van der Waals surface area contributed by atoms with Gasteiger partial charge in [0.2, 0.25) is 15.9 Å². The number of nitrogens with zero attached hydrogens (tertiary/aromatic N) is 1. The number of hydrogen-bond donors (Lipinski definition) is 1. The van der Waals surface area contributed by atoms with E-state index in [1.54, 1.807) is 18.2 Å². The number of hydrogen-bond acceptors (Lipinski definition) is 4. The molecule has 3 rings (SSSR count). The van der Waals surface area contributed by atoms with Crippen LogP contribution in [0.15, 0.2) is 41.3 Å². The summed E-state index contributed by atoms with van der Waals surface area (Å²) in [5.41, 5.74) is 1.56. The lowest BCUT2D eigenvalue weighted by atomic mass is 9.97. The zero-order valence-electron chi connectivity index (χ0n) is 16.1. The van der Waals surface area contributed by atoms with E-state index in [2.05, 4.69) is 5.32 Å². The Bertz CT molecular complexity index is 1020. The van der Waals surface area contributed by atoms with Crippen molar-refractivity contribution in [2.75, 3.05) is 25.5 Å². The Labute approximate surface area is 180 Å². The molecule has 0 atom stereocenters. The summed E-state index contributed by atoms with van der Waals surface area (Å²) < 4.78 is 32.6. The quantitative estimate of drug-likeness (QED) is 0.725. The third kappa shape index (κ3) is 4.86. The zero-order chi connectivity index (χ0) is 21.2. The van der Waals surface area contributed by atoms with E-state index in [0.29, 0.717) is 28.6 Å². The molecule has 0 bridgehead atoms. The fourth-order valence-electron chi connectivity index (χ4n) is 3.26. The second-order valence-corrected chi connectivity index (χ2v) is 9.68. The molecule has 1 fully saturated rings. The minimum atomic E-state index is -3.77. The number of sulfonamides is 1. The van der Waals surface area contributed by atoms with Crippen molar-refractivity contribution < 1.29 is 17.9 Å². The molecule has 1 amide bonds. The van der Waals surface area contributed by atoms with Crippen molar-refractivity contribution in [3.05, 3.63) is 52.0 Å². The van der Waals surface area contributed by atoms with Gasteiger partial charge in [0.05, 0.1) is 7.11 Å². The standard InChI is InChI=1S/C20H22Cl2N2O4S/c1-13-3-5-16(12-17(13)22)23-20(25)14-7-9-24(10-8-14)29(26,27)19-11-15(21)4-6-18(19)28-2/h3-6,11-12,14H,7-10H2,1-2H3,(H,23,25). The van der Waals surface area contributed by atoms with Gasteiger partial charge in [0.15, 0.2) is 0 Å². The number of benzene rings is 2. The van der Waals surface area contributed by atoms with Gasteiger partial charge >= 0.3 is 0 Å². The Balaban J connectivity index is 1.67. The van der Waals surface area contributed by atoms with Gasteiger partial charge in [0, 0.05) is 34.7 Å². The van der Waals surface area contributed by atoms with Crippen LogP contribution in [0, 0.1) is 12.8 Å². The molecular weight excluding hydrogens is 435 g/mol. The monoisotopic (exact) mass is 456 g/mol. The summed E-state index contributed by atoms with van der Waals surface area (Å²) in [6.07, 6.45) is 0.848. The van der Waals surface area contributed by atoms with E-state index in [0.717, 1.165) is 5.56 Å². The van der Waals surface area contributed by atoms with Gasteiger partial charge in [-0.05, 0) is 55.7 Å². The second-order valence-electron chi connectivity index (χ2n) is 6.93. The van der Waals surface area contributed by atoms with E-state index < -0.39 is 10.0 Å². The lowest BCUT2D eigenvalue weighted by Crippen LogP contribution is -2.41. The Morgan fingerprint density at radius 2 is 1.83 bits per heavy atom. The van der Waals surface area contributed by atoms with Crippen LogP contribution in [0.2, 0.25) is 10.0 Å². The molecule has 1 N–H and O–H groups in total. The van der Waals surface area contributed by atoms with Gasteiger partial charge in [-0.25, -0.2) is 8.42 Å².